The third-order valence-corrected chi connectivity index (χ3v) is 4.06. The zero-order valence-corrected chi connectivity index (χ0v) is 12.5. The van der Waals surface area contributed by atoms with Crippen molar-refractivity contribution in [3.05, 3.63) is 41.5 Å². The van der Waals surface area contributed by atoms with Gasteiger partial charge in [-0.25, -0.2) is 9.97 Å². The molecule has 0 fully saturated rings. The molecule has 4 nitrogen and oxygen atoms in total. The van der Waals surface area contributed by atoms with Crippen molar-refractivity contribution in [2.24, 2.45) is 0 Å². The molecule has 2 aromatic heterocycles. The van der Waals surface area contributed by atoms with Crippen LogP contribution in [0.25, 0.3) is 10.2 Å². The second-order valence-electron chi connectivity index (χ2n) is 4.86. The van der Waals surface area contributed by atoms with Crippen molar-refractivity contribution < 1.29 is 0 Å². The van der Waals surface area contributed by atoms with Crippen LogP contribution in [0, 0.1) is 6.92 Å². The van der Waals surface area contributed by atoms with Crippen LogP contribution in [-0.4, -0.2) is 24.1 Å². The quantitative estimate of drug-likeness (QED) is 0.794. The molecule has 1 N–H and O–H groups in total. The van der Waals surface area contributed by atoms with Crippen molar-refractivity contribution in [3.8, 4) is 0 Å². The monoisotopic (exact) mass is 284 g/mol. The summed E-state index contributed by atoms with van der Waals surface area (Å²) < 4.78 is 0. The number of anilines is 3. The number of thiophene rings is 1. The van der Waals surface area contributed by atoms with Gasteiger partial charge in [-0.15, -0.1) is 11.3 Å². The summed E-state index contributed by atoms with van der Waals surface area (Å²) in [6.07, 6.45) is 1.61. The van der Waals surface area contributed by atoms with E-state index in [0.717, 1.165) is 21.7 Å². The van der Waals surface area contributed by atoms with Gasteiger partial charge in [0.25, 0.3) is 0 Å². The number of nitrogens with zero attached hydrogens (tertiary/aromatic N) is 3. The van der Waals surface area contributed by atoms with Gasteiger partial charge in [-0.2, -0.15) is 0 Å². The summed E-state index contributed by atoms with van der Waals surface area (Å²) >= 11 is 1.69. The summed E-state index contributed by atoms with van der Waals surface area (Å²) in [5.41, 5.74) is 2.20. The van der Waals surface area contributed by atoms with Gasteiger partial charge in [0.1, 0.15) is 17.0 Å². The molecule has 0 aliphatic carbocycles. The summed E-state index contributed by atoms with van der Waals surface area (Å²) in [6.45, 7) is 2.09. The first-order chi connectivity index (χ1) is 9.63. The van der Waals surface area contributed by atoms with Crippen LogP contribution in [0.1, 0.15) is 4.88 Å². The number of fused-ring (bicyclic) bond motifs is 1. The van der Waals surface area contributed by atoms with Crippen LogP contribution in [0.4, 0.5) is 17.2 Å². The molecule has 1 aromatic carbocycles. The Kier molecular flexibility index (Phi) is 3.28. The van der Waals surface area contributed by atoms with E-state index in [9.17, 15) is 0 Å². The molecule has 3 aromatic rings. The number of aryl methyl sites for hydroxylation is 1. The lowest BCUT2D eigenvalue weighted by atomic mass is 10.2. The van der Waals surface area contributed by atoms with Gasteiger partial charge >= 0.3 is 0 Å². The normalized spacial score (nSPS) is 10.8. The van der Waals surface area contributed by atoms with E-state index in [1.807, 2.05) is 14.1 Å². The molecular formula is C15H16N4S. The Bertz CT molecular complexity index is 731. The van der Waals surface area contributed by atoms with Crippen LogP contribution >= 0.6 is 11.3 Å². The first kappa shape index (κ1) is 12.9. The predicted octanol–water partition coefficient (Wildman–Crippen LogP) is 3.81. The van der Waals surface area contributed by atoms with E-state index in [4.69, 9.17) is 0 Å². The molecule has 0 saturated heterocycles. The lowest BCUT2D eigenvalue weighted by Gasteiger charge is -2.13. The molecule has 20 heavy (non-hydrogen) atoms. The molecule has 2 heterocycles. The molecule has 0 saturated carbocycles. The van der Waals surface area contributed by atoms with Gasteiger partial charge in [-0.3, -0.25) is 0 Å². The second kappa shape index (κ2) is 5.09. The van der Waals surface area contributed by atoms with E-state index < -0.39 is 0 Å². The summed E-state index contributed by atoms with van der Waals surface area (Å²) in [7, 11) is 4.06. The van der Waals surface area contributed by atoms with Crippen molar-refractivity contribution in [2.75, 3.05) is 24.3 Å². The van der Waals surface area contributed by atoms with Gasteiger partial charge in [0.05, 0.1) is 5.39 Å². The number of hydrogen-bond acceptors (Lipinski definition) is 5. The van der Waals surface area contributed by atoms with E-state index in [1.165, 1.54) is 10.6 Å². The van der Waals surface area contributed by atoms with Crippen LogP contribution in [0.5, 0.6) is 0 Å². The standard InChI is InChI=1S/C15H16N4S/c1-10-8-13-14(16-9-17-15(13)20-10)18-11-4-6-12(7-5-11)19(2)3/h4-9H,1-3H3,(H,16,17,18). The smallest absolute Gasteiger partial charge is 0.142 e. The highest BCUT2D eigenvalue weighted by atomic mass is 32.1. The average Bonchev–Trinajstić information content (AvgIpc) is 2.81. The van der Waals surface area contributed by atoms with Gasteiger partial charge in [-0.05, 0) is 37.3 Å². The molecule has 0 unspecified atom stereocenters. The minimum atomic E-state index is 0.858. The average molecular weight is 284 g/mol. The zero-order chi connectivity index (χ0) is 14.1. The van der Waals surface area contributed by atoms with Gasteiger partial charge in [0.15, 0.2) is 0 Å². The van der Waals surface area contributed by atoms with Crippen LogP contribution in [-0.2, 0) is 0 Å². The zero-order valence-electron chi connectivity index (χ0n) is 11.7. The summed E-state index contributed by atoms with van der Waals surface area (Å²) in [4.78, 5) is 13.0. The Morgan fingerprint density at radius 2 is 1.85 bits per heavy atom. The van der Waals surface area contributed by atoms with Crippen molar-refractivity contribution in [1.29, 1.82) is 0 Å². The largest absolute Gasteiger partial charge is 0.378 e. The topological polar surface area (TPSA) is 41.0 Å². The van der Waals surface area contributed by atoms with Gasteiger partial charge in [-0.1, -0.05) is 0 Å². The molecule has 0 amide bonds. The first-order valence-electron chi connectivity index (χ1n) is 6.39. The molecule has 0 aliphatic rings. The fraction of sp³-hybridized carbons (Fsp3) is 0.200. The van der Waals surface area contributed by atoms with Crippen molar-refractivity contribution in [1.82, 2.24) is 9.97 Å². The molecule has 0 radical (unpaired) electrons. The molecule has 5 heteroatoms. The van der Waals surface area contributed by atoms with E-state index in [1.54, 1.807) is 17.7 Å². The number of benzene rings is 1. The Morgan fingerprint density at radius 3 is 2.55 bits per heavy atom. The highest BCUT2D eigenvalue weighted by Crippen LogP contribution is 2.29. The van der Waals surface area contributed by atoms with Crippen molar-refractivity contribution in [2.45, 2.75) is 6.92 Å². The number of aromatic nitrogens is 2. The first-order valence-corrected chi connectivity index (χ1v) is 7.21. The van der Waals surface area contributed by atoms with E-state index >= 15 is 0 Å². The number of hydrogen-bond donors (Lipinski definition) is 1. The Morgan fingerprint density at radius 1 is 1.10 bits per heavy atom. The predicted molar refractivity (Wildman–Crippen MR) is 86.2 cm³/mol. The van der Waals surface area contributed by atoms with Crippen LogP contribution in [0.15, 0.2) is 36.7 Å². The Balaban J connectivity index is 1.92. The van der Waals surface area contributed by atoms with Crippen molar-refractivity contribution >= 4 is 38.7 Å². The van der Waals surface area contributed by atoms with Crippen LogP contribution < -0.4 is 10.2 Å². The molecule has 0 bridgehead atoms. The molecule has 102 valence electrons. The summed E-state index contributed by atoms with van der Waals surface area (Å²) in [6, 6.07) is 10.4. The maximum atomic E-state index is 4.35. The van der Waals surface area contributed by atoms with Crippen LogP contribution in [0.2, 0.25) is 0 Å². The number of nitrogens with one attached hydrogen (secondary N) is 1. The molecular weight excluding hydrogens is 268 g/mol. The third kappa shape index (κ3) is 2.44. The maximum absolute atomic E-state index is 4.35. The summed E-state index contributed by atoms with van der Waals surface area (Å²) in [5.74, 6) is 0.858. The molecule has 0 spiro atoms. The minimum absolute atomic E-state index is 0.858. The lowest BCUT2D eigenvalue weighted by molar-refractivity contribution is 1.13. The molecule has 0 aliphatic heterocycles. The highest BCUT2D eigenvalue weighted by molar-refractivity contribution is 7.18. The maximum Gasteiger partial charge on any atom is 0.142 e. The fourth-order valence-electron chi connectivity index (χ4n) is 2.06. The van der Waals surface area contributed by atoms with E-state index in [0.29, 0.717) is 0 Å². The Labute approximate surface area is 122 Å². The van der Waals surface area contributed by atoms with E-state index in [-0.39, 0.29) is 0 Å². The van der Waals surface area contributed by atoms with E-state index in [2.05, 4.69) is 57.4 Å². The fourth-order valence-corrected chi connectivity index (χ4v) is 2.90. The van der Waals surface area contributed by atoms with Gasteiger partial charge in [0, 0.05) is 30.3 Å². The van der Waals surface area contributed by atoms with Crippen molar-refractivity contribution in [3.63, 3.8) is 0 Å². The Hall–Kier alpha value is -2.14. The lowest BCUT2D eigenvalue weighted by Crippen LogP contribution is -2.08. The third-order valence-electron chi connectivity index (χ3n) is 3.10. The summed E-state index contributed by atoms with van der Waals surface area (Å²) in [5, 5.41) is 4.44. The van der Waals surface area contributed by atoms with Crippen LogP contribution in [0.3, 0.4) is 0 Å². The number of rotatable bonds is 3. The van der Waals surface area contributed by atoms with Gasteiger partial charge < -0.3 is 10.2 Å². The second-order valence-corrected chi connectivity index (χ2v) is 6.10. The minimum Gasteiger partial charge on any atom is -0.378 e. The molecule has 0 atom stereocenters. The molecule has 3 rings (SSSR count). The highest BCUT2D eigenvalue weighted by Gasteiger charge is 2.07. The van der Waals surface area contributed by atoms with Gasteiger partial charge in [0.2, 0.25) is 0 Å². The SMILES string of the molecule is Cc1cc2c(Nc3ccc(N(C)C)cc3)ncnc2s1.